The highest BCUT2D eigenvalue weighted by Crippen LogP contribution is 2.27. The summed E-state index contributed by atoms with van der Waals surface area (Å²) >= 11 is 13.6. The molecular formula is C17H16Cl2N4OS. The van der Waals surface area contributed by atoms with Crippen LogP contribution in [0.4, 0.5) is 5.13 Å². The average molecular weight is 395 g/mol. The van der Waals surface area contributed by atoms with Crippen molar-refractivity contribution < 1.29 is 4.79 Å². The van der Waals surface area contributed by atoms with Crippen molar-refractivity contribution in [1.29, 1.82) is 0 Å². The van der Waals surface area contributed by atoms with Gasteiger partial charge in [-0.05, 0) is 39.0 Å². The molecular weight excluding hydrogens is 379 g/mol. The topological polar surface area (TPSA) is 59.8 Å². The van der Waals surface area contributed by atoms with Gasteiger partial charge < -0.3 is 5.32 Å². The van der Waals surface area contributed by atoms with Crippen LogP contribution in [0.5, 0.6) is 0 Å². The predicted molar refractivity (Wildman–Crippen MR) is 102 cm³/mol. The van der Waals surface area contributed by atoms with Gasteiger partial charge in [0, 0.05) is 21.7 Å². The van der Waals surface area contributed by atoms with Crippen LogP contribution < -0.4 is 5.32 Å². The second kappa shape index (κ2) is 7.15. The molecule has 0 aliphatic carbocycles. The molecule has 2 heterocycles. The number of halogens is 2. The number of hydrogen-bond acceptors (Lipinski definition) is 4. The molecule has 1 amide bonds. The third-order valence-electron chi connectivity index (χ3n) is 3.78. The average Bonchev–Trinajstić information content (AvgIpc) is 3.05. The Morgan fingerprint density at radius 2 is 2.04 bits per heavy atom. The second-order valence-corrected chi connectivity index (χ2v) is 7.38. The molecule has 5 nitrogen and oxygen atoms in total. The maximum Gasteiger partial charge on any atom is 0.230 e. The van der Waals surface area contributed by atoms with Gasteiger partial charge in [-0.1, -0.05) is 23.2 Å². The Balaban J connectivity index is 1.85. The van der Waals surface area contributed by atoms with E-state index in [9.17, 15) is 4.79 Å². The second-order valence-electron chi connectivity index (χ2n) is 5.68. The van der Waals surface area contributed by atoms with E-state index < -0.39 is 0 Å². The van der Waals surface area contributed by atoms with Gasteiger partial charge in [0.15, 0.2) is 5.13 Å². The van der Waals surface area contributed by atoms with Gasteiger partial charge in [0.25, 0.3) is 0 Å². The molecule has 0 unspecified atom stereocenters. The first-order valence-corrected chi connectivity index (χ1v) is 9.21. The van der Waals surface area contributed by atoms with E-state index in [2.05, 4.69) is 15.4 Å². The molecule has 0 fully saturated rings. The standard InChI is InChI=1S/C17H16Cl2N4OS/c1-9-8-25-17(20-9)21-16(24)7-13-10(2)22-23(11(13)3)15-5-4-12(18)6-14(15)19/h4-6,8H,7H2,1-3H3,(H,20,21,24). The van der Waals surface area contributed by atoms with Crippen molar-refractivity contribution in [2.45, 2.75) is 27.2 Å². The number of nitrogens with one attached hydrogen (secondary N) is 1. The third kappa shape index (κ3) is 3.86. The zero-order chi connectivity index (χ0) is 18.1. The van der Waals surface area contributed by atoms with E-state index in [1.807, 2.05) is 32.2 Å². The fourth-order valence-electron chi connectivity index (χ4n) is 2.55. The Kier molecular flexibility index (Phi) is 5.13. The van der Waals surface area contributed by atoms with Gasteiger partial charge in [0.1, 0.15) is 0 Å². The van der Waals surface area contributed by atoms with Crippen LogP contribution in [-0.4, -0.2) is 20.7 Å². The lowest BCUT2D eigenvalue weighted by Gasteiger charge is -2.08. The molecule has 3 rings (SSSR count). The van der Waals surface area contributed by atoms with Crippen molar-refractivity contribution in [3.05, 3.63) is 56.3 Å². The summed E-state index contributed by atoms with van der Waals surface area (Å²) in [6.07, 6.45) is 0.224. The zero-order valence-corrected chi connectivity index (χ0v) is 16.3. The zero-order valence-electron chi connectivity index (χ0n) is 13.9. The van der Waals surface area contributed by atoms with Crippen molar-refractivity contribution in [3.8, 4) is 5.69 Å². The van der Waals surface area contributed by atoms with E-state index in [0.717, 1.165) is 28.3 Å². The van der Waals surface area contributed by atoms with Gasteiger partial charge in [0.05, 0.1) is 28.5 Å². The van der Waals surface area contributed by atoms with Crippen LogP contribution in [0.2, 0.25) is 10.0 Å². The minimum atomic E-state index is -0.123. The SMILES string of the molecule is Cc1csc(NC(=O)Cc2c(C)nn(-c3ccc(Cl)cc3Cl)c2C)n1. The van der Waals surface area contributed by atoms with Crippen molar-refractivity contribution >= 4 is 45.6 Å². The summed E-state index contributed by atoms with van der Waals surface area (Å²) in [5.74, 6) is -0.123. The van der Waals surface area contributed by atoms with Crippen LogP contribution in [0.15, 0.2) is 23.6 Å². The highest BCUT2D eigenvalue weighted by molar-refractivity contribution is 7.13. The van der Waals surface area contributed by atoms with Crippen molar-refractivity contribution in [2.75, 3.05) is 5.32 Å². The first kappa shape index (κ1) is 17.9. The lowest BCUT2D eigenvalue weighted by Crippen LogP contribution is -2.15. The number of aryl methyl sites for hydroxylation is 2. The van der Waals surface area contributed by atoms with Crippen LogP contribution >= 0.6 is 34.5 Å². The number of rotatable bonds is 4. The summed E-state index contributed by atoms with van der Waals surface area (Å²) in [5, 5.41) is 10.9. The van der Waals surface area contributed by atoms with Gasteiger partial charge in [-0.2, -0.15) is 5.10 Å². The van der Waals surface area contributed by atoms with E-state index in [4.69, 9.17) is 23.2 Å². The number of nitrogens with zero attached hydrogens (tertiary/aromatic N) is 3. The Hall–Kier alpha value is -1.89. The maximum absolute atomic E-state index is 12.3. The van der Waals surface area contributed by atoms with Gasteiger partial charge >= 0.3 is 0 Å². The van der Waals surface area contributed by atoms with Crippen molar-refractivity contribution in [1.82, 2.24) is 14.8 Å². The van der Waals surface area contributed by atoms with E-state index in [-0.39, 0.29) is 12.3 Å². The number of carbonyl (C=O) groups excluding carboxylic acids is 1. The molecule has 1 N–H and O–H groups in total. The summed E-state index contributed by atoms with van der Waals surface area (Å²) in [6.45, 7) is 5.69. The predicted octanol–water partition coefficient (Wildman–Crippen LogP) is 4.74. The fraction of sp³-hybridized carbons (Fsp3) is 0.235. The molecule has 130 valence electrons. The lowest BCUT2D eigenvalue weighted by molar-refractivity contribution is -0.115. The number of hydrogen-bond donors (Lipinski definition) is 1. The molecule has 0 spiro atoms. The van der Waals surface area contributed by atoms with Gasteiger partial charge in [0.2, 0.25) is 5.91 Å². The molecule has 0 radical (unpaired) electrons. The molecule has 0 saturated heterocycles. The van der Waals surface area contributed by atoms with E-state index in [1.54, 1.807) is 16.8 Å². The van der Waals surface area contributed by atoms with Crippen LogP contribution in [0.25, 0.3) is 5.69 Å². The molecule has 0 aliphatic heterocycles. The molecule has 25 heavy (non-hydrogen) atoms. The number of anilines is 1. The normalized spacial score (nSPS) is 10.9. The Morgan fingerprint density at radius 3 is 2.68 bits per heavy atom. The Labute approximate surface area is 159 Å². The number of amides is 1. The summed E-state index contributed by atoms with van der Waals surface area (Å²) < 4.78 is 1.74. The monoisotopic (exact) mass is 394 g/mol. The smallest absolute Gasteiger partial charge is 0.230 e. The largest absolute Gasteiger partial charge is 0.302 e. The molecule has 0 saturated carbocycles. The number of carbonyl (C=O) groups is 1. The summed E-state index contributed by atoms with van der Waals surface area (Å²) in [5.41, 5.74) is 4.14. The molecule has 1 aromatic carbocycles. The number of aromatic nitrogens is 3. The summed E-state index contributed by atoms with van der Waals surface area (Å²) in [6, 6.07) is 5.24. The summed E-state index contributed by atoms with van der Waals surface area (Å²) in [7, 11) is 0. The minimum Gasteiger partial charge on any atom is -0.302 e. The van der Waals surface area contributed by atoms with Crippen LogP contribution in [0.1, 0.15) is 22.6 Å². The first-order chi connectivity index (χ1) is 11.8. The molecule has 8 heteroatoms. The number of thiazole rings is 1. The molecule has 2 aromatic heterocycles. The summed E-state index contributed by atoms with van der Waals surface area (Å²) in [4.78, 5) is 16.6. The van der Waals surface area contributed by atoms with E-state index >= 15 is 0 Å². The maximum atomic E-state index is 12.3. The molecule has 0 bridgehead atoms. The van der Waals surface area contributed by atoms with Crippen molar-refractivity contribution in [3.63, 3.8) is 0 Å². The highest BCUT2D eigenvalue weighted by atomic mass is 35.5. The van der Waals surface area contributed by atoms with Gasteiger partial charge in [-0.15, -0.1) is 11.3 Å². The molecule has 0 aliphatic rings. The van der Waals surface area contributed by atoms with Crippen molar-refractivity contribution in [2.24, 2.45) is 0 Å². The third-order valence-corrected chi connectivity index (χ3v) is 5.20. The van der Waals surface area contributed by atoms with E-state index in [1.165, 1.54) is 11.3 Å². The minimum absolute atomic E-state index is 0.123. The quantitative estimate of drug-likeness (QED) is 0.694. The molecule has 0 atom stereocenters. The van der Waals surface area contributed by atoms with Gasteiger partial charge in [-0.25, -0.2) is 9.67 Å². The first-order valence-electron chi connectivity index (χ1n) is 7.57. The number of benzene rings is 1. The van der Waals surface area contributed by atoms with Crippen LogP contribution in [0, 0.1) is 20.8 Å². The highest BCUT2D eigenvalue weighted by Gasteiger charge is 2.18. The molecule has 3 aromatic rings. The van der Waals surface area contributed by atoms with Crippen LogP contribution in [-0.2, 0) is 11.2 Å². The fourth-order valence-corrected chi connectivity index (χ4v) is 3.75. The lowest BCUT2D eigenvalue weighted by atomic mass is 10.1. The Morgan fingerprint density at radius 1 is 1.28 bits per heavy atom. The van der Waals surface area contributed by atoms with Gasteiger partial charge in [-0.3, -0.25) is 4.79 Å². The van der Waals surface area contributed by atoms with Crippen LogP contribution in [0.3, 0.4) is 0 Å². The van der Waals surface area contributed by atoms with E-state index in [0.29, 0.717) is 15.2 Å². The Bertz CT molecular complexity index is 948.